The molecule has 7 nitrogen and oxygen atoms in total. The number of para-hydroxylation sites is 2. The second-order valence-corrected chi connectivity index (χ2v) is 7.79. The van der Waals surface area contributed by atoms with Crippen molar-refractivity contribution in [2.24, 2.45) is 7.05 Å². The number of aryl methyl sites for hydroxylation is 2. The van der Waals surface area contributed by atoms with E-state index in [0.29, 0.717) is 17.1 Å². The van der Waals surface area contributed by atoms with E-state index in [1.165, 1.54) is 0 Å². The molecule has 2 aromatic heterocycles. The van der Waals surface area contributed by atoms with E-state index in [0.717, 1.165) is 33.7 Å². The number of carbonyl (C=O) groups is 1. The van der Waals surface area contributed by atoms with Crippen molar-refractivity contribution in [2.45, 2.75) is 13.8 Å². The number of imidazole rings is 1. The first-order valence-corrected chi connectivity index (χ1v) is 10.3. The van der Waals surface area contributed by atoms with Gasteiger partial charge in [0.25, 0.3) is 5.91 Å². The van der Waals surface area contributed by atoms with Gasteiger partial charge in [0, 0.05) is 18.3 Å². The van der Waals surface area contributed by atoms with Gasteiger partial charge in [-0.3, -0.25) is 4.79 Å². The minimum Gasteiger partial charge on any atom is -0.327 e. The van der Waals surface area contributed by atoms with Crippen LogP contribution in [0, 0.1) is 13.8 Å². The topological polar surface area (TPSA) is 77.6 Å². The Morgan fingerprint density at radius 2 is 1.62 bits per heavy atom. The molecule has 0 aliphatic rings. The van der Waals surface area contributed by atoms with E-state index in [-0.39, 0.29) is 5.91 Å². The third kappa shape index (κ3) is 3.43. The van der Waals surface area contributed by atoms with E-state index in [2.05, 4.69) is 20.2 Å². The summed E-state index contributed by atoms with van der Waals surface area (Å²) in [5.41, 5.74) is 6.69. The standard InChI is InChI=1S/C25H22N6O/c1-16-8-14-20(15-9-16)31-17(2)23(28-29-31)25(32)26-19-12-10-18(11-13-19)24-27-21-6-4-5-7-22(21)30(24)3/h4-15H,1-3H3,(H,26,32). The van der Waals surface area contributed by atoms with E-state index in [1.807, 2.05) is 93.7 Å². The number of anilines is 1. The molecule has 1 amide bonds. The number of fused-ring (bicyclic) bond motifs is 1. The van der Waals surface area contributed by atoms with Crippen LogP contribution in [0.5, 0.6) is 0 Å². The van der Waals surface area contributed by atoms with E-state index in [9.17, 15) is 4.79 Å². The maximum atomic E-state index is 12.8. The number of nitrogens with one attached hydrogen (secondary N) is 1. The Balaban J connectivity index is 1.36. The van der Waals surface area contributed by atoms with Crippen molar-refractivity contribution in [3.05, 3.63) is 89.7 Å². The Morgan fingerprint density at radius 1 is 0.906 bits per heavy atom. The van der Waals surface area contributed by atoms with Crippen molar-refractivity contribution in [2.75, 3.05) is 5.32 Å². The fourth-order valence-corrected chi connectivity index (χ4v) is 3.77. The highest BCUT2D eigenvalue weighted by Crippen LogP contribution is 2.25. The molecule has 3 aromatic carbocycles. The average molecular weight is 422 g/mol. The van der Waals surface area contributed by atoms with Crippen molar-refractivity contribution < 1.29 is 4.79 Å². The van der Waals surface area contributed by atoms with Gasteiger partial charge in [0.15, 0.2) is 5.69 Å². The monoisotopic (exact) mass is 422 g/mol. The van der Waals surface area contributed by atoms with Gasteiger partial charge in [-0.1, -0.05) is 35.0 Å². The molecule has 1 N–H and O–H groups in total. The second kappa shape index (κ2) is 7.77. The van der Waals surface area contributed by atoms with Gasteiger partial charge in [0.1, 0.15) is 5.82 Å². The summed E-state index contributed by atoms with van der Waals surface area (Å²) in [5.74, 6) is 0.581. The molecule has 5 rings (SSSR count). The van der Waals surface area contributed by atoms with Gasteiger partial charge in [-0.25, -0.2) is 9.67 Å². The molecule has 0 aliphatic heterocycles. The Kier molecular flexibility index (Phi) is 4.78. The lowest BCUT2D eigenvalue weighted by Gasteiger charge is -2.07. The summed E-state index contributed by atoms with van der Waals surface area (Å²) < 4.78 is 3.73. The quantitative estimate of drug-likeness (QED) is 0.456. The number of aromatic nitrogens is 5. The molecule has 0 spiro atoms. The molecule has 0 unspecified atom stereocenters. The molecule has 0 aliphatic carbocycles. The largest absolute Gasteiger partial charge is 0.327 e. The van der Waals surface area contributed by atoms with Crippen molar-refractivity contribution >= 4 is 22.6 Å². The van der Waals surface area contributed by atoms with Crippen LogP contribution in [-0.4, -0.2) is 30.5 Å². The predicted octanol–water partition coefficient (Wildman–Crippen LogP) is 4.69. The molecule has 5 aromatic rings. The first-order chi connectivity index (χ1) is 15.5. The first kappa shape index (κ1) is 19.7. The van der Waals surface area contributed by atoms with Crippen LogP contribution in [0.25, 0.3) is 28.1 Å². The van der Waals surface area contributed by atoms with Crippen LogP contribution < -0.4 is 5.32 Å². The zero-order chi connectivity index (χ0) is 22.2. The minimum atomic E-state index is -0.295. The Hall–Kier alpha value is -4.26. The molecule has 0 saturated heterocycles. The fourth-order valence-electron chi connectivity index (χ4n) is 3.77. The molecule has 158 valence electrons. The van der Waals surface area contributed by atoms with Crippen LogP contribution in [0.3, 0.4) is 0 Å². The molecular weight excluding hydrogens is 400 g/mol. The summed E-state index contributed by atoms with van der Waals surface area (Å²) in [6, 6.07) is 23.6. The summed E-state index contributed by atoms with van der Waals surface area (Å²) in [4.78, 5) is 17.5. The third-order valence-corrected chi connectivity index (χ3v) is 5.58. The van der Waals surface area contributed by atoms with Crippen molar-refractivity contribution in [1.82, 2.24) is 24.5 Å². The lowest BCUT2D eigenvalue weighted by atomic mass is 10.2. The number of benzene rings is 3. The van der Waals surface area contributed by atoms with E-state index < -0.39 is 0 Å². The first-order valence-electron chi connectivity index (χ1n) is 10.3. The van der Waals surface area contributed by atoms with Crippen molar-refractivity contribution in [3.63, 3.8) is 0 Å². The van der Waals surface area contributed by atoms with Gasteiger partial charge in [-0.05, 0) is 62.4 Å². The maximum absolute atomic E-state index is 12.8. The SMILES string of the molecule is Cc1ccc(-n2nnc(C(=O)Nc3ccc(-c4nc5ccccc5n4C)cc3)c2C)cc1. The summed E-state index contributed by atoms with van der Waals surface area (Å²) in [5, 5.41) is 11.2. The zero-order valence-corrected chi connectivity index (χ0v) is 18.1. The predicted molar refractivity (Wildman–Crippen MR) is 125 cm³/mol. The highest BCUT2D eigenvalue weighted by atomic mass is 16.2. The smallest absolute Gasteiger partial charge is 0.278 e. The van der Waals surface area contributed by atoms with Crippen LogP contribution in [-0.2, 0) is 7.05 Å². The molecule has 0 fully saturated rings. The average Bonchev–Trinajstić information content (AvgIpc) is 3.35. The van der Waals surface area contributed by atoms with Crippen molar-refractivity contribution in [3.8, 4) is 17.1 Å². The Bertz CT molecular complexity index is 1430. The number of rotatable bonds is 4. The van der Waals surface area contributed by atoms with Gasteiger partial charge in [0.2, 0.25) is 0 Å². The molecule has 0 radical (unpaired) electrons. The van der Waals surface area contributed by atoms with Gasteiger partial charge in [-0.15, -0.1) is 5.10 Å². The van der Waals surface area contributed by atoms with Crippen molar-refractivity contribution in [1.29, 1.82) is 0 Å². The van der Waals surface area contributed by atoms with Crippen LogP contribution in [0.4, 0.5) is 5.69 Å². The van der Waals surface area contributed by atoms with Gasteiger partial charge in [0.05, 0.1) is 22.4 Å². The molecule has 32 heavy (non-hydrogen) atoms. The highest BCUT2D eigenvalue weighted by molar-refractivity contribution is 6.03. The highest BCUT2D eigenvalue weighted by Gasteiger charge is 2.18. The third-order valence-electron chi connectivity index (χ3n) is 5.58. The van der Waals surface area contributed by atoms with Crippen LogP contribution >= 0.6 is 0 Å². The number of amides is 1. The second-order valence-electron chi connectivity index (χ2n) is 7.79. The van der Waals surface area contributed by atoms with Crippen LogP contribution in [0.15, 0.2) is 72.8 Å². The number of nitrogens with zero attached hydrogens (tertiary/aromatic N) is 5. The summed E-state index contributed by atoms with van der Waals surface area (Å²) in [7, 11) is 2.00. The van der Waals surface area contributed by atoms with Gasteiger partial charge < -0.3 is 9.88 Å². The van der Waals surface area contributed by atoms with Gasteiger partial charge in [-0.2, -0.15) is 0 Å². The van der Waals surface area contributed by atoms with Gasteiger partial charge >= 0.3 is 0 Å². The summed E-state index contributed by atoms with van der Waals surface area (Å²) in [6.07, 6.45) is 0. The number of carbonyl (C=O) groups excluding carboxylic acids is 1. The number of hydrogen-bond donors (Lipinski definition) is 1. The van der Waals surface area contributed by atoms with E-state index in [4.69, 9.17) is 4.98 Å². The molecule has 0 bridgehead atoms. The Morgan fingerprint density at radius 3 is 2.34 bits per heavy atom. The maximum Gasteiger partial charge on any atom is 0.278 e. The summed E-state index contributed by atoms with van der Waals surface area (Å²) in [6.45, 7) is 3.86. The van der Waals surface area contributed by atoms with Crippen LogP contribution in [0.2, 0.25) is 0 Å². The minimum absolute atomic E-state index is 0.295. The zero-order valence-electron chi connectivity index (χ0n) is 18.1. The molecule has 0 saturated carbocycles. The summed E-state index contributed by atoms with van der Waals surface area (Å²) >= 11 is 0. The molecule has 2 heterocycles. The van der Waals surface area contributed by atoms with Crippen LogP contribution in [0.1, 0.15) is 21.7 Å². The molecular formula is C25H22N6O. The lowest BCUT2D eigenvalue weighted by Crippen LogP contribution is -2.14. The molecule has 7 heteroatoms. The molecule has 0 atom stereocenters. The fraction of sp³-hybridized carbons (Fsp3) is 0.120. The van der Waals surface area contributed by atoms with E-state index >= 15 is 0 Å². The number of hydrogen-bond acceptors (Lipinski definition) is 4. The Labute approximate surface area is 185 Å². The lowest BCUT2D eigenvalue weighted by molar-refractivity contribution is 0.102. The normalized spacial score (nSPS) is 11.1. The van der Waals surface area contributed by atoms with E-state index in [1.54, 1.807) is 4.68 Å².